The number of hydrogen-bond donors (Lipinski definition) is 0. The van der Waals surface area contributed by atoms with Crippen LogP contribution in [0.1, 0.15) is 56.6 Å². The van der Waals surface area contributed by atoms with Gasteiger partial charge in [-0.15, -0.1) is 0 Å². The first kappa shape index (κ1) is 25.9. The van der Waals surface area contributed by atoms with Gasteiger partial charge in [0.2, 0.25) is 5.91 Å². The Labute approximate surface area is 225 Å². The molecular formula is C31H38N6O. The highest BCUT2D eigenvalue weighted by Gasteiger charge is 2.28. The van der Waals surface area contributed by atoms with Crippen molar-refractivity contribution in [3.8, 4) is 5.69 Å². The third kappa shape index (κ3) is 5.28. The van der Waals surface area contributed by atoms with E-state index in [1.54, 1.807) is 0 Å². The van der Waals surface area contributed by atoms with Gasteiger partial charge in [0.25, 0.3) is 0 Å². The van der Waals surface area contributed by atoms with Crippen LogP contribution < -0.4 is 4.90 Å². The molecule has 0 aliphatic carbocycles. The van der Waals surface area contributed by atoms with Gasteiger partial charge in [-0.05, 0) is 43.4 Å². The second-order valence-electron chi connectivity index (χ2n) is 10.6. The van der Waals surface area contributed by atoms with Crippen molar-refractivity contribution >= 4 is 22.8 Å². The molecule has 3 heterocycles. The van der Waals surface area contributed by atoms with E-state index in [9.17, 15) is 4.79 Å². The van der Waals surface area contributed by atoms with Crippen LogP contribution in [0, 0.1) is 12.8 Å². The van der Waals surface area contributed by atoms with E-state index in [0.717, 1.165) is 78.5 Å². The number of amides is 1. The highest BCUT2D eigenvalue weighted by atomic mass is 16.2. The fourth-order valence-electron chi connectivity index (χ4n) is 5.45. The van der Waals surface area contributed by atoms with Crippen LogP contribution in [0.5, 0.6) is 0 Å². The molecule has 1 amide bonds. The van der Waals surface area contributed by atoms with E-state index < -0.39 is 0 Å². The molecule has 5 rings (SSSR count). The van der Waals surface area contributed by atoms with Crippen molar-refractivity contribution in [1.29, 1.82) is 0 Å². The standard InChI is InChI=1S/C31H38N6O/c1-5-26(24-13-8-6-9-14-24)31(38)36-18-12-17-35(19-20-36)29-28-23(4)34-37(25-15-10-7-11-16-25)30(28)33-27(32-29)21-22(2)3/h6-11,13-16,22,26H,5,12,17-21H2,1-4H3/t26-/m1/s1. The Morgan fingerprint density at radius 2 is 1.63 bits per heavy atom. The van der Waals surface area contributed by atoms with Crippen LogP contribution in [0.4, 0.5) is 5.82 Å². The topological polar surface area (TPSA) is 67.2 Å². The predicted octanol–water partition coefficient (Wildman–Crippen LogP) is 5.55. The van der Waals surface area contributed by atoms with Crippen molar-refractivity contribution in [1.82, 2.24) is 24.6 Å². The lowest BCUT2D eigenvalue weighted by molar-refractivity contribution is -0.132. The van der Waals surface area contributed by atoms with Crippen LogP contribution in [0.25, 0.3) is 16.7 Å². The van der Waals surface area contributed by atoms with Crippen LogP contribution in [-0.2, 0) is 11.2 Å². The lowest BCUT2D eigenvalue weighted by atomic mass is 9.95. The number of nitrogens with zero attached hydrogens (tertiary/aromatic N) is 6. The molecule has 0 bridgehead atoms. The number of anilines is 1. The number of benzene rings is 2. The van der Waals surface area contributed by atoms with Crippen molar-refractivity contribution in [3.05, 3.63) is 77.7 Å². The maximum atomic E-state index is 13.6. The van der Waals surface area contributed by atoms with Crippen LogP contribution >= 0.6 is 0 Å². The van der Waals surface area contributed by atoms with E-state index in [2.05, 4.69) is 54.8 Å². The molecule has 38 heavy (non-hydrogen) atoms. The summed E-state index contributed by atoms with van der Waals surface area (Å²) in [5, 5.41) is 5.89. The van der Waals surface area contributed by atoms with Crippen molar-refractivity contribution in [3.63, 3.8) is 0 Å². The molecule has 0 spiro atoms. The van der Waals surface area contributed by atoms with E-state index in [1.807, 2.05) is 48.0 Å². The quantitative estimate of drug-likeness (QED) is 0.326. The summed E-state index contributed by atoms with van der Waals surface area (Å²) in [7, 11) is 0. The van der Waals surface area contributed by atoms with Gasteiger partial charge in [-0.3, -0.25) is 4.79 Å². The van der Waals surface area contributed by atoms with Gasteiger partial charge >= 0.3 is 0 Å². The summed E-state index contributed by atoms with van der Waals surface area (Å²) in [6, 6.07) is 20.3. The summed E-state index contributed by atoms with van der Waals surface area (Å²) < 4.78 is 1.94. The molecule has 0 N–H and O–H groups in total. The molecule has 1 fully saturated rings. The summed E-state index contributed by atoms with van der Waals surface area (Å²) in [4.78, 5) is 28.1. The third-order valence-electron chi connectivity index (χ3n) is 7.34. The zero-order valence-corrected chi connectivity index (χ0v) is 23.0. The molecule has 0 radical (unpaired) electrons. The Hall–Kier alpha value is -3.74. The number of aromatic nitrogens is 4. The zero-order chi connectivity index (χ0) is 26.6. The van der Waals surface area contributed by atoms with E-state index in [-0.39, 0.29) is 11.8 Å². The van der Waals surface area contributed by atoms with Crippen LogP contribution in [0.2, 0.25) is 0 Å². The number of aryl methyl sites for hydroxylation is 1. The number of hydrogen-bond acceptors (Lipinski definition) is 5. The number of rotatable bonds is 7. The van der Waals surface area contributed by atoms with Gasteiger partial charge in [0.1, 0.15) is 11.6 Å². The molecule has 4 aromatic rings. The molecule has 198 valence electrons. The van der Waals surface area contributed by atoms with Gasteiger partial charge in [0.15, 0.2) is 5.65 Å². The van der Waals surface area contributed by atoms with Gasteiger partial charge in [-0.1, -0.05) is 69.3 Å². The number of para-hydroxylation sites is 1. The van der Waals surface area contributed by atoms with Gasteiger partial charge in [-0.2, -0.15) is 5.10 Å². The highest BCUT2D eigenvalue weighted by molar-refractivity contribution is 5.91. The van der Waals surface area contributed by atoms with Gasteiger partial charge in [0, 0.05) is 32.6 Å². The third-order valence-corrected chi connectivity index (χ3v) is 7.34. The molecule has 2 aromatic carbocycles. The fraction of sp³-hybridized carbons (Fsp3) is 0.419. The zero-order valence-electron chi connectivity index (χ0n) is 23.0. The van der Waals surface area contributed by atoms with Crippen molar-refractivity contribution in [2.45, 2.75) is 52.9 Å². The Bertz CT molecular complexity index is 1380. The maximum Gasteiger partial charge on any atom is 0.230 e. The first-order valence-corrected chi connectivity index (χ1v) is 13.9. The monoisotopic (exact) mass is 510 g/mol. The summed E-state index contributed by atoms with van der Waals surface area (Å²) in [6.07, 6.45) is 2.50. The van der Waals surface area contributed by atoms with Crippen LogP contribution in [0.15, 0.2) is 60.7 Å². The lowest BCUT2D eigenvalue weighted by Gasteiger charge is -2.27. The minimum Gasteiger partial charge on any atom is -0.354 e. The predicted molar refractivity (Wildman–Crippen MR) is 153 cm³/mol. The highest BCUT2D eigenvalue weighted by Crippen LogP contribution is 2.31. The Kier molecular flexibility index (Phi) is 7.72. The van der Waals surface area contributed by atoms with E-state index in [1.165, 1.54) is 0 Å². The molecule has 1 saturated heterocycles. The molecule has 2 aromatic heterocycles. The summed E-state index contributed by atoms with van der Waals surface area (Å²) in [6.45, 7) is 11.5. The van der Waals surface area contributed by atoms with Gasteiger partial charge in [-0.25, -0.2) is 14.6 Å². The summed E-state index contributed by atoms with van der Waals surface area (Å²) >= 11 is 0. The molecule has 0 unspecified atom stereocenters. The second-order valence-corrected chi connectivity index (χ2v) is 10.6. The first-order valence-electron chi connectivity index (χ1n) is 13.9. The average Bonchev–Trinajstić information content (AvgIpc) is 3.09. The molecule has 7 nitrogen and oxygen atoms in total. The Morgan fingerprint density at radius 1 is 0.921 bits per heavy atom. The van der Waals surface area contributed by atoms with Crippen molar-refractivity contribution in [2.24, 2.45) is 5.92 Å². The minimum atomic E-state index is -0.0995. The fourth-order valence-corrected chi connectivity index (χ4v) is 5.45. The van der Waals surface area contributed by atoms with Crippen molar-refractivity contribution in [2.75, 3.05) is 31.1 Å². The smallest absolute Gasteiger partial charge is 0.230 e. The summed E-state index contributed by atoms with van der Waals surface area (Å²) in [5.41, 5.74) is 3.86. The van der Waals surface area contributed by atoms with Gasteiger partial charge < -0.3 is 9.80 Å². The molecule has 1 aliphatic heterocycles. The minimum absolute atomic E-state index is 0.0995. The molecule has 1 atom stereocenters. The molecule has 0 saturated carbocycles. The number of carbonyl (C=O) groups is 1. The number of fused-ring (bicyclic) bond motifs is 1. The van der Waals surface area contributed by atoms with E-state index in [0.29, 0.717) is 12.5 Å². The van der Waals surface area contributed by atoms with E-state index in [4.69, 9.17) is 15.1 Å². The summed E-state index contributed by atoms with van der Waals surface area (Å²) in [5.74, 6) is 2.34. The van der Waals surface area contributed by atoms with Crippen molar-refractivity contribution < 1.29 is 4.79 Å². The largest absolute Gasteiger partial charge is 0.354 e. The lowest BCUT2D eigenvalue weighted by Crippen LogP contribution is -2.38. The molecule has 7 heteroatoms. The average molecular weight is 511 g/mol. The number of carbonyl (C=O) groups excluding carboxylic acids is 1. The SMILES string of the molecule is CC[C@@H](C(=O)N1CCCN(c2nc(CC(C)C)nc3c2c(C)nn3-c2ccccc2)CC1)c1ccccc1. The van der Waals surface area contributed by atoms with Gasteiger partial charge in [0.05, 0.1) is 22.7 Å². The molecular weight excluding hydrogens is 472 g/mol. The van der Waals surface area contributed by atoms with Crippen LogP contribution in [0.3, 0.4) is 0 Å². The Morgan fingerprint density at radius 3 is 2.32 bits per heavy atom. The first-order chi connectivity index (χ1) is 18.5. The molecule has 1 aliphatic rings. The maximum absolute atomic E-state index is 13.6. The van der Waals surface area contributed by atoms with Crippen LogP contribution in [-0.4, -0.2) is 56.7 Å². The second kappa shape index (κ2) is 11.3. The van der Waals surface area contributed by atoms with E-state index >= 15 is 0 Å². The Balaban J connectivity index is 1.47. The normalized spacial score (nSPS) is 15.2.